The maximum atomic E-state index is 11.8. The van der Waals surface area contributed by atoms with Crippen LogP contribution in [0, 0.1) is 6.92 Å². The minimum Gasteiger partial charge on any atom is -0.317 e. The largest absolute Gasteiger partial charge is 0.329 e. The molecule has 0 heterocycles. The SMILES string of the molecule is Cc1cc(Cl)ccc1NC(=O)C(=O)NN=Cc1cccc(Br)c1. The second-order valence-electron chi connectivity index (χ2n) is 4.67. The molecule has 0 saturated carbocycles. The van der Waals surface area contributed by atoms with Gasteiger partial charge in [-0.2, -0.15) is 5.10 Å². The smallest absolute Gasteiger partial charge is 0.317 e. The second-order valence-corrected chi connectivity index (χ2v) is 6.02. The molecule has 0 aliphatic heterocycles. The summed E-state index contributed by atoms with van der Waals surface area (Å²) in [7, 11) is 0. The first-order valence-electron chi connectivity index (χ1n) is 6.62. The molecule has 2 amide bonds. The molecule has 0 aliphatic rings. The summed E-state index contributed by atoms with van der Waals surface area (Å²) in [6, 6.07) is 12.3. The standard InChI is InChI=1S/C16H13BrClN3O2/c1-10-7-13(18)5-6-14(10)20-15(22)16(23)21-19-9-11-3-2-4-12(17)8-11/h2-9H,1H3,(H,20,22)(H,21,23). The van der Waals surface area contributed by atoms with Crippen molar-refractivity contribution in [3.05, 3.63) is 63.1 Å². The molecular formula is C16H13BrClN3O2. The van der Waals surface area contributed by atoms with E-state index in [0.717, 1.165) is 15.6 Å². The van der Waals surface area contributed by atoms with Crippen molar-refractivity contribution in [3.8, 4) is 0 Å². The Balaban J connectivity index is 1.93. The minimum atomic E-state index is -0.856. The van der Waals surface area contributed by atoms with Gasteiger partial charge in [0.2, 0.25) is 0 Å². The number of rotatable bonds is 3. The van der Waals surface area contributed by atoms with Crippen LogP contribution in [-0.4, -0.2) is 18.0 Å². The monoisotopic (exact) mass is 393 g/mol. The number of aryl methyl sites for hydroxylation is 1. The van der Waals surface area contributed by atoms with Gasteiger partial charge in [-0.05, 0) is 48.4 Å². The van der Waals surface area contributed by atoms with Gasteiger partial charge in [-0.3, -0.25) is 9.59 Å². The molecule has 2 aromatic rings. The van der Waals surface area contributed by atoms with E-state index in [1.807, 2.05) is 24.3 Å². The number of hydrazone groups is 1. The lowest BCUT2D eigenvalue weighted by Gasteiger charge is -2.07. The average molecular weight is 395 g/mol. The van der Waals surface area contributed by atoms with E-state index < -0.39 is 11.8 Å². The van der Waals surface area contributed by atoms with Crippen LogP contribution in [0.25, 0.3) is 0 Å². The summed E-state index contributed by atoms with van der Waals surface area (Å²) in [4.78, 5) is 23.5. The van der Waals surface area contributed by atoms with Crippen molar-refractivity contribution < 1.29 is 9.59 Å². The van der Waals surface area contributed by atoms with Crippen LogP contribution >= 0.6 is 27.5 Å². The van der Waals surface area contributed by atoms with E-state index in [0.29, 0.717) is 10.7 Å². The lowest BCUT2D eigenvalue weighted by atomic mass is 10.2. The molecule has 0 spiro atoms. The van der Waals surface area contributed by atoms with Gasteiger partial charge in [-0.1, -0.05) is 39.7 Å². The third-order valence-corrected chi connectivity index (χ3v) is 3.60. The summed E-state index contributed by atoms with van der Waals surface area (Å²) < 4.78 is 0.892. The van der Waals surface area contributed by atoms with Gasteiger partial charge >= 0.3 is 11.8 Å². The van der Waals surface area contributed by atoms with Crippen LogP contribution in [-0.2, 0) is 9.59 Å². The normalized spacial score (nSPS) is 10.6. The fourth-order valence-electron chi connectivity index (χ4n) is 1.75. The molecule has 2 rings (SSSR count). The highest BCUT2D eigenvalue weighted by molar-refractivity contribution is 9.10. The van der Waals surface area contributed by atoms with E-state index >= 15 is 0 Å². The first-order chi connectivity index (χ1) is 11.0. The number of anilines is 1. The van der Waals surface area contributed by atoms with Crippen LogP contribution in [0.1, 0.15) is 11.1 Å². The molecule has 2 N–H and O–H groups in total. The highest BCUT2D eigenvalue weighted by Crippen LogP contribution is 2.19. The minimum absolute atomic E-state index is 0.519. The molecule has 0 atom stereocenters. The topological polar surface area (TPSA) is 70.6 Å². The number of benzene rings is 2. The molecule has 0 aromatic heterocycles. The van der Waals surface area contributed by atoms with Crippen molar-refractivity contribution in [2.45, 2.75) is 6.92 Å². The lowest BCUT2D eigenvalue weighted by molar-refractivity contribution is -0.136. The Morgan fingerprint density at radius 3 is 2.65 bits per heavy atom. The summed E-state index contributed by atoms with van der Waals surface area (Å²) in [6.07, 6.45) is 1.45. The van der Waals surface area contributed by atoms with Gasteiger partial charge in [0.1, 0.15) is 0 Å². The quantitative estimate of drug-likeness (QED) is 0.475. The van der Waals surface area contributed by atoms with Gasteiger partial charge in [0.25, 0.3) is 0 Å². The summed E-state index contributed by atoms with van der Waals surface area (Å²) in [5.41, 5.74) is 4.24. The fraction of sp³-hybridized carbons (Fsp3) is 0.0625. The van der Waals surface area contributed by atoms with Crippen LogP contribution in [0.4, 0.5) is 5.69 Å². The van der Waals surface area contributed by atoms with Crippen molar-refractivity contribution in [1.82, 2.24) is 5.43 Å². The number of hydrogen-bond donors (Lipinski definition) is 2. The maximum Gasteiger partial charge on any atom is 0.329 e. The summed E-state index contributed by atoms with van der Waals surface area (Å²) in [5.74, 6) is -1.66. The molecular weight excluding hydrogens is 382 g/mol. The molecule has 7 heteroatoms. The Labute approximate surface area is 146 Å². The molecule has 0 bridgehead atoms. The van der Waals surface area contributed by atoms with E-state index in [1.165, 1.54) is 6.21 Å². The molecule has 0 unspecified atom stereocenters. The fourth-order valence-corrected chi connectivity index (χ4v) is 2.39. The average Bonchev–Trinajstić information content (AvgIpc) is 2.50. The van der Waals surface area contributed by atoms with E-state index in [1.54, 1.807) is 25.1 Å². The van der Waals surface area contributed by atoms with Crippen molar-refractivity contribution in [3.63, 3.8) is 0 Å². The van der Waals surface area contributed by atoms with E-state index in [4.69, 9.17) is 11.6 Å². The van der Waals surface area contributed by atoms with Crippen LogP contribution in [0.3, 0.4) is 0 Å². The number of carbonyl (C=O) groups is 2. The first kappa shape index (κ1) is 17.2. The van der Waals surface area contributed by atoms with Gasteiger partial charge in [0, 0.05) is 15.2 Å². The first-order valence-corrected chi connectivity index (χ1v) is 7.79. The third kappa shape index (κ3) is 5.19. The molecule has 0 radical (unpaired) electrons. The van der Waals surface area contributed by atoms with Crippen molar-refractivity contribution in [1.29, 1.82) is 0 Å². The van der Waals surface area contributed by atoms with Crippen LogP contribution < -0.4 is 10.7 Å². The van der Waals surface area contributed by atoms with Crippen LogP contribution in [0.5, 0.6) is 0 Å². The number of halogens is 2. The highest BCUT2D eigenvalue weighted by atomic mass is 79.9. The Morgan fingerprint density at radius 2 is 1.96 bits per heavy atom. The van der Waals surface area contributed by atoms with Crippen LogP contribution in [0.15, 0.2) is 52.0 Å². The van der Waals surface area contributed by atoms with E-state index in [-0.39, 0.29) is 0 Å². The Hall–Kier alpha value is -2.18. The molecule has 0 aliphatic carbocycles. The van der Waals surface area contributed by atoms with Crippen molar-refractivity contribution in [2.75, 3.05) is 5.32 Å². The predicted molar refractivity (Wildman–Crippen MR) is 94.7 cm³/mol. The molecule has 0 fully saturated rings. The molecule has 0 saturated heterocycles. The predicted octanol–water partition coefficient (Wildman–Crippen LogP) is 3.50. The number of hydrogen-bond acceptors (Lipinski definition) is 3. The van der Waals surface area contributed by atoms with E-state index in [2.05, 4.69) is 31.8 Å². The Kier molecular flexibility index (Phi) is 5.90. The lowest BCUT2D eigenvalue weighted by Crippen LogP contribution is -2.32. The third-order valence-electron chi connectivity index (χ3n) is 2.87. The Morgan fingerprint density at radius 1 is 1.17 bits per heavy atom. The highest BCUT2D eigenvalue weighted by Gasteiger charge is 2.13. The maximum absolute atomic E-state index is 11.8. The molecule has 5 nitrogen and oxygen atoms in total. The zero-order valence-electron chi connectivity index (χ0n) is 12.1. The molecule has 23 heavy (non-hydrogen) atoms. The summed E-state index contributed by atoms with van der Waals surface area (Å²) in [5, 5.41) is 6.82. The van der Waals surface area contributed by atoms with Crippen LogP contribution in [0.2, 0.25) is 5.02 Å². The molecule has 118 valence electrons. The van der Waals surface area contributed by atoms with Crippen molar-refractivity contribution >= 4 is 51.2 Å². The zero-order chi connectivity index (χ0) is 16.8. The van der Waals surface area contributed by atoms with Crippen molar-refractivity contribution in [2.24, 2.45) is 5.10 Å². The number of nitrogens with one attached hydrogen (secondary N) is 2. The van der Waals surface area contributed by atoms with Gasteiger partial charge in [0.15, 0.2) is 0 Å². The zero-order valence-corrected chi connectivity index (χ0v) is 14.5. The van der Waals surface area contributed by atoms with Gasteiger partial charge in [-0.15, -0.1) is 0 Å². The Bertz CT molecular complexity index is 778. The summed E-state index contributed by atoms with van der Waals surface area (Å²) in [6.45, 7) is 1.78. The number of carbonyl (C=O) groups excluding carboxylic acids is 2. The summed E-state index contributed by atoms with van der Waals surface area (Å²) >= 11 is 9.17. The number of amides is 2. The van der Waals surface area contributed by atoms with Gasteiger partial charge in [0.05, 0.1) is 6.21 Å². The van der Waals surface area contributed by atoms with Gasteiger partial charge < -0.3 is 5.32 Å². The second kappa shape index (κ2) is 7.89. The van der Waals surface area contributed by atoms with E-state index in [9.17, 15) is 9.59 Å². The van der Waals surface area contributed by atoms with Gasteiger partial charge in [-0.25, -0.2) is 5.43 Å². The molecule has 2 aromatic carbocycles. The number of nitrogens with zero attached hydrogens (tertiary/aromatic N) is 1.